The molecule has 3 saturated carbocycles. The van der Waals surface area contributed by atoms with Crippen LogP contribution in [0, 0.1) is 11.8 Å². The van der Waals surface area contributed by atoms with Crippen molar-refractivity contribution in [2.75, 3.05) is 0 Å². The van der Waals surface area contributed by atoms with Crippen LogP contribution in [0.1, 0.15) is 83.5 Å². The van der Waals surface area contributed by atoms with Gasteiger partial charge in [0, 0.05) is 0 Å². The molecular formula is C18H31As. The fourth-order valence-electron chi connectivity index (χ4n) is 6.19. The minimum absolute atomic E-state index is 0.522. The third kappa shape index (κ3) is 2.35. The summed E-state index contributed by atoms with van der Waals surface area (Å²) >= 11 is -0.522. The first-order valence-corrected chi connectivity index (χ1v) is 12.5. The van der Waals surface area contributed by atoms with Crippen molar-refractivity contribution in [2.24, 2.45) is 11.8 Å². The average molecular weight is 322 g/mol. The molecule has 0 aromatic carbocycles. The van der Waals surface area contributed by atoms with E-state index in [0.29, 0.717) is 0 Å². The zero-order valence-electron chi connectivity index (χ0n) is 12.5. The summed E-state index contributed by atoms with van der Waals surface area (Å²) in [6.45, 7) is 0. The monoisotopic (exact) mass is 322 g/mol. The Morgan fingerprint density at radius 3 is 1.53 bits per heavy atom. The third-order valence-corrected chi connectivity index (χ3v) is 15.6. The molecule has 0 bridgehead atoms. The van der Waals surface area contributed by atoms with Crippen molar-refractivity contribution in [3.05, 3.63) is 0 Å². The Bertz CT molecular complexity index is 285. The summed E-state index contributed by atoms with van der Waals surface area (Å²) in [5.41, 5.74) is 0. The molecule has 0 amide bonds. The van der Waals surface area contributed by atoms with Crippen LogP contribution in [0.5, 0.6) is 0 Å². The van der Waals surface area contributed by atoms with Crippen molar-refractivity contribution in [1.29, 1.82) is 0 Å². The van der Waals surface area contributed by atoms with E-state index in [4.69, 9.17) is 0 Å². The molecule has 0 aromatic rings. The van der Waals surface area contributed by atoms with E-state index in [1.54, 1.807) is 83.5 Å². The molecule has 108 valence electrons. The molecule has 1 saturated heterocycles. The summed E-state index contributed by atoms with van der Waals surface area (Å²) in [6, 6.07) is 0. The molecule has 0 nitrogen and oxygen atoms in total. The van der Waals surface area contributed by atoms with E-state index in [2.05, 4.69) is 0 Å². The second-order valence-electron chi connectivity index (χ2n) is 7.77. The van der Waals surface area contributed by atoms with Gasteiger partial charge in [0.2, 0.25) is 0 Å². The van der Waals surface area contributed by atoms with Crippen LogP contribution < -0.4 is 0 Å². The Balaban J connectivity index is 1.59. The Labute approximate surface area is 124 Å². The molecule has 1 heteroatoms. The van der Waals surface area contributed by atoms with Crippen LogP contribution in [0.2, 0.25) is 14.1 Å². The summed E-state index contributed by atoms with van der Waals surface area (Å²) in [7, 11) is 0. The molecule has 0 radical (unpaired) electrons. The molecule has 4 rings (SSSR count). The van der Waals surface area contributed by atoms with Crippen molar-refractivity contribution in [3.8, 4) is 0 Å². The van der Waals surface area contributed by atoms with Gasteiger partial charge in [0.05, 0.1) is 0 Å². The Morgan fingerprint density at radius 1 is 0.474 bits per heavy atom. The molecule has 3 aliphatic carbocycles. The molecule has 1 aliphatic heterocycles. The summed E-state index contributed by atoms with van der Waals surface area (Å²) in [5, 5.41) is 0. The average Bonchev–Trinajstić information content (AvgIpc) is 2.83. The van der Waals surface area contributed by atoms with E-state index in [-0.39, 0.29) is 0 Å². The van der Waals surface area contributed by atoms with Gasteiger partial charge in [-0.3, -0.25) is 0 Å². The number of hydrogen-bond acceptors (Lipinski definition) is 0. The Morgan fingerprint density at radius 2 is 0.947 bits per heavy atom. The van der Waals surface area contributed by atoms with Gasteiger partial charge in [0.1, 0.15) is 0 Å². The van der Waals surface area contributed by atoms with Crippen LogP contribution >= 0.6 is 0 Å². The first-order valence-electron chi connectivity index (χ1n) is 9.22. The van der Waals surface area contributed by atoms with Gasteiger partial charge in [-0.2, -0.15) is 0 Å². The molecule has 4 unspecified atom stereocenters. The molecule has 4 fully saturated rings. The first kappa shape index (κ1) is 13.2. The zero-order chi connectivity index (χ0) is 12.7. The second-order valence-corrected chi connectivity index (χ2v) is 14.0. The van der Waals surface area contributed by atoms with Gasteiger partial charge >= 0.3 is 124 Å². The van der Waals surface area contributed by atoms with E-state index in [1.165, 1.54) is 26.0 Å². The molecule has 0 N–H and O–H groups in total. The fraction of sp³-hybridized carbons (Fsp3) is 1.00. The second kappa shape index (κ2) is 5.74. The Kier molecular flexibility index (Phi) is 4.00. The zero-order valence-corrected chi connectivity index (χ0v) is 14.4. The molecular weight excluding hydrogens is 291 g/mol. The molecule has 19 heavy (non-hydrogen) atoms. The van der Waals surface area contributed by atoms with Gasteiger partial charge in [-0.15, -0.1) is 0 Å². The van der Waals surface area contributed by atoms with Gasteiger partial charge in [-0.25, -0.2) is 0 Å². The van der Waals surface area contributed by atoms with E-state index in [9.17, 15) is 0 Å². The number of hydrogen-bond donors (Lipinski definition) is 0. The standard InChI is InChI=1S/C18H31As/c1-2-8-14(9-3-1)19-17-12-6-4-10-15(17)16-11-5-7-13-18(16)19/h14-18H,1-13H2. The summed E-state index contributed by atoms with van der Waals surface area (Å²) in [4.78, 5) is 0. The predicted molar refractivity (Wildman–Crippen MR) is 84.0 cm³/mol. The number of rotatable bonds is 1. The molecule has 4 atom stereocenters. The third-order valence-electron chi connectivity index (χ3n) is 6.88. The normalized spacial score (nSPS) is 47.7. The maximum atomic E-state index is 1.67. The topological polar surface area (TPSA) is 0 Å². The molecule has 1 heterocycles. The van der Waals surface area contributed by atoms with Gasteiger partial charge in [0.15, 0.2) is 0 Å². The van der Waals surface area contributed by atoms with Gasteiger partial charge < -0.3 is 0 Å². The van der Waals surface area contributed by atoms with Crippen LogP contribution in [0.15, 0.2) is 0 Å². The van der Waals surface area contributed by atoms with E-state index in [0.717, 1.165) is 0 Å². The predicted octanol–water partition coefficient (Wildman–Crippen LogP) is 5.95. The van der Waals surface area contributed by atoms with E-state index in [1.807, 2.05) is 0 Å². The van der Waals surface area contributed by atoms with Gasteiger partial charge in [-0.1, -0.05) is 0 Å². The molecule has 0 spiro atoms. The van der Waals surface area contributed by atoms with Crippen LogP contribution in [0.25, 0.3) is 0 Å². The summed E-state index contributed by atoms with van der Waals surface area (Å²) in [6.07, 6.45) is 21.0. The summed E-state index contributed by atoms with van der Waals surface area (Å²) in [5.74, 6) is 2.47. The molecule has 0 aromatic heterocycles. The van der Waals surface area contributed by atoms with Crippen LogP contribution in [-0.4, -0.2) is 14.7 Å². The van der Waals surface area contributed by atoms with Crippen molar-refractivity contribution in [1.82, 2.24) is 0 Å². The van der Waals surface area contributed by atoms with Gasteiger partial charge in [0.25, 0.3) is 0 Å². The molecule has 4 aliphatic rings. The maximum absolute atomic E-state index is 1.67. The van der Waals surface area contributed by atoms with E-state index < -0.39 is 14.7 Å². The van der Waals surface area contributed by atoms with Crippen molar-refractivity contribution in [2.45, 2.75) is 97.6 Å². The van der Waals surface area contributed by atoms with Crippen molar-refractivity contribution < 1.29 is 0 Å². The van der Waals surface area contributed by atoms with Crippen LogP contribution in [-0.2, 0) is 0 Å². The Hall–Kier alpha value is 0.558. The summed E-state index contributed by atoms with van der Waals surface area (Å²) < 4.78 is 3.93. The van der Waals surface area contributed by atoms with Crippen molar-refractivity contribution >= 4 is 14.7 Å². The van der Waals surface area contributed by atoms with Gasteiger partial charge in [-0.05, 0) is 0 Å². The number of fused-ring (bicyclic) bond motifs is 3. The fourth-order valence-corrected chi connectivity index (χ4v) is 16.9. The first-order chi connectivity index (χ1) is 9.45. The van der Waals surface area contributed by atoms with Crippen molar-refractivity contribution in [3.63, 3.8) is 0 Å². The quantitative estimate of drug-likeness (QED) is 0.523. The van der Waals surface area contributed by atoms with Crippen LogP contribution in [0.3, 0.4) is 0 Å². The minimum atomic E-state index is -0.522. The van der Waals surface area contributed by atoms with Crippen LogP contribution in [0.4, 0.5) is 0 Å². The van der Waals surface area contributed by atoms with E-state index >= 15 is 0 Å². The SMILES string of the molecule is C1CCC([As]2C3CCCCC3C3CCCCC32)CC1.